The minimum Gasteiger partial charge on any atom is -0.327 e. The molecule has 2 aromatic rings. The average Bonchev–Trinajstić information content (AvgIpc) is 2.54. The van der Waals surface area contributed by atoms with E-state index in [0.29, 0.717) is 5.69 Å². The quantitative estimate of drug-likeness (QED) is 0.775. The molecule has 8 heteroatoms. The summed E-state index contributed by atoms with van der Waals surface area (Å²) in [7, 11) is 0. The number of nitrogens with two attached hydrogens (primary N) is 1. The van der Waals surface area contributed by atoms with Crippen LogP contribution in [0.4, 0.5) is 29.3 Å². The van der Waals surface area contributed by atoms with Crippen LogP contribution in [0.15, 0.2) is 36.5 Å². The number of nitrogens with zero attached hydrogens (tertiary/aromatic N) is 1. The highest BCUT2D eigenvalue weighted by molar-refractivity contribution is 5.99. The summed E-state index contributed by atoms with van der Waals surface area (Å²) in [6.07, 6.45) is -0.960. The lowest BCUT2D eigenvalue weighted by atomic mass is 9.88. The summed E-state index contributed by atoms with van der Waals surface area (Å²) in [5.41, 5.74) is 8.05. The van der Waals surface area contributed by atoms with Crippen molar-refractivity contribution in [1.29, 1.82) is 0 Å². The number of aromatic nitrogens is 1. The van der Waals surface area contributed by atoms with Gasteiger partial charge in [0.1, 0.15) is 5.69 Å². The maximum atomic E-state index is 12.5. The Bertz CT molecular complexity index is 774. The molecule has 0 fully saturated rings. The molecule has 1 aliphatic rings. The van der Waals surface area contributed by atoms with Crippen molar-refractivity contribution in [2.45, 2.75) is 31.5 Å². The second-order valence-electron chi connectivity index (χ2n) is 6.00. The predicted molar refractivity (Wildman–Crippen MR) is 88.3 cm³/mol. The fourth-order valence-corrected chi connectivity index (χ4v) is 2.79. The summed E-state index contributed by atoms with van der Waals surface area (Å²) < 4.78 is 37.4. The number of anilines is 2. The topological polar surface area (TPSA) is 80.0 Å². The molecule has 1 heterocycles. The number of halogens is 3. The van der Waals surface area contributed by atoms with Crippen molar-refractivity contribution in [2.24, 2.45) is 5.73 Å². The number of aryl methyl sites for hydroxylation is 1. The molecule has 0 unspecified atom stereocenters. The van der Waals surface area contributed by atoms with E-state index in [1.165, 1.54) is 5.56 Å². The van der Waals surface area contributed by atoms with Crippen LogP contribution >= 0.6 is 0 Å². The molecule has 5 nitrogen and oxygen atoms in total. The van der Waals surface area contributed by atoms with Crippen molar-refractivity contribution < 1.29 is 18.0 Å². The Labute approximate surface area is 142 Å². The third-order valence-electron chi connectivity index (χ3n) is 4.04. The number of rotatable bonds is 2. The zero-order chi connectivity index (χ0) is 18.0. The van der Waals surface area contributed by atoms with Gasteiger partial charge >= 0.3 is 12.2 Å². The number of benzene rings is 1. The number of carbonyl (C=O) groups is 1. The molecule has 3 rings (SSSR count). The maximum Gasteiger partial charge on any atom is 0.433 e. The summed E-state index contributed by atoms with van der Waals surface area (Å²) in [6, 6.07) is 7.20. The Balaban J connectivity index is 1.63. The second kappa shape index (κ2) is 6.72. The van der Waals surface area contributed by atoms with E-state index in [1.807, 2.05) is 12.1 Å². The standard InChI is InChI=1S/C17H17F3N4O/c18-17(19,20)15-6-5-14(9-22-15)24-16(25)23-13-4-2-10-7-12(21)3-1-11(10)8-13/h2,4-6,8-9,12H,1,3,7,21H2,(H2,23,24,25)/t12-/m0/s1. The molecule has 2 amide bonds. The van der Waals surface area contributed by atoms with Crippen molar-refractivity contribution in [3.63, 3.8) is 0 Å². The van der Waals surface area contributed by atoms with Crippen molar-refractivity contribution in [3.05, 3.63) is 53.3 Å². The van der Waals surface area contributed by atoms with Crippen molar-refractivity contribution in [3.8, 4) is 0 Å². The third kappa shape index (κ3) is 4.27. The smallest absolute Gasteiger partial charge is 0.327 e. The van der Waals surface area contributed by atoms with Crippen LogP contribution in [0.2, 0.25) is 0 Å². The van der Waals surface area contributed by atoms with Gasteiger partial charge in [-0.2, -0.15) is 13.2 Å². The highest BCUT2D eigenvalue weighted by Gasteiger charge is 2.32. The predicted octanol–water partition coefficient (Wildman–Crippen LogP) is 3.56. The number of urea groups is 1. The van der Waals surface area contributed by atoms with Gasteiger partial charge in [0.15, 0.2) is 0 Å². The summed E-state index contributed by atoms with van der Waals surface area (Å²) in [5.74, 6) is 0. The molecule has 1 aromatic heterocycles. The Kier molecular flexibility index (Phi) is 4.63. The van der Waals surface area contributed by atoms with E-state index in [4.69, 9.17) is 5.73 Å². The van der Waals surface area contributed by atoms with Gasteiger partial charge in [0.2, 0.25) is 0 Å². The highest BCUT2D eigenvalue weighted by Crippen LogP contribution is 2.28. The first-order chi connectivity index (χ1) is 11.8. The van der Waals surface area contributed by atoms with Gasteiger partial charge < -0.3 is 16.4 Å². The van der Waals surface area contributed by atoms with Crippen LogP contribution in [0.1, 0.15) is 23.2 Å². The molecule has 0 bridgehead atoms. The molecular formula is C17H17F3N4O. The van der Waals surface area contributed by atoms with Gasteiger partial charge in [-0.25, -0.2) is 9.78 Å². The first-order valence-corrected chi connectivity index (χ1v) is 7.80. The Morgan fingerprint density at radius 2 is 1.84 bits per heavy atom. The summed E-state index contributed by atoms with van der Waals surface area (Å²) in [6.45, 7) is 0. The number of fused-ring (bicyclic) bond motifs is 1. The van der Waals surface area contributed by atoms with Crippen LogP contribution in [-0.2, 0) is 19.0 Å². The first kappa shape index (κ1) is 17.2. The van der Waals surface area contributed by atoms with Crippen LogP contribution in [0.3, 0.4) is 0 Å². The van der Waals surface area contributed by atoms with Crippen LogP contribution in [0.25, 0.3) is 0 Å². The van der Waals surface area contributed by atoms with Gasteiger partial charge in [-0.05, 0) is 54.7 Å². The zero-order valence-corrected chi connectivity index (χ0v) is 13.2. The molecule has 1 aliphatic carbocycles. The highest BCUT2D eigenvalue weighted by atomic mass is 19.4. The second-order valence-corrected chi connectivity index (χ2v) is 6.00. The minimum absolute atomic E-state index is 0.168. The van der Waals surface area contributed by atoms with E-state index < -0.39 is 17.9 Å². The molecule has 132 valence electrons. The van der Waals surface area contributed by atoms with E-state index in [-0.39, 0.29) is 11.7 Å². The largest absolute Gasteiger partial charge is 0.433 e. The van der Waals surface area contributed by atoms with Crippen molar-refractivity contribution >= 4 is 17.4 Å². The molecule has 0 spiro atoms. The Hall–Kier alpha value is -2.61. The number of hydrogen-bond acceptors (Lipinski definition) is 3. The van der Waals surface area contributed by atoms with Gasteiger partial charge in [-0.3, -0.25) is 0 Å². The average molecular weight is 350 g/mol. The lowest BCUT2D eigenvalue weighted by Crippen LogP contribution is -2.28. The number of pyridine rings is 1. The summed E-state index contributed by atoms with van der Waals surface area (Å²) in [5, 5.41) is 5.12. The first-order valence-electron chi connectivity index (χ1n) is 7.80. The molecule has 4 N–H and O–H groups in total. The van der Waals surface area contributed by atoms with Crippen molar-refractivity contribution in [2.75, 3.05) is 10.6 Å². The zero-order valence-electron chi connectivity index (χ0n) is 13.2. The molecule has 0 radical (unpaired) electrons. The molecule has 0 aliphatic heterocycles. The third-order valence-corrected chi connectivity index (χ3v) is 4.04. The van der Waals surface area contributed by atoms with Crippen LogP contribution in [0, 0.1) is 0 Å². The number of nitrogens with one attached hydrogen (secondary N) is 2. The fraction of sp³-hybridized carbons (Fsp3) is 0.294. The normalized spacial score (nSPS) is 16.9. The van der Waals surface area contributed by atoms with Gasteiger partial charge in [0.05, 0.1) is 11.9 Å². The molecule has 0 saturated heterocycles. The van der Waals surface area contributed by atoms with Crippen LogP contribution < -0.4 is 16.4 Å². The van der Waals surface area contributed by atoms with E-state index in [2.05, 4.69) is 15.6 Å². The molecule has 25 heavy (non-hydrogen) atoms. The molecule has 0 saturated carbocycles. The van der Waals surface area contributed by atoms with E-state index in [1.54, 1.807) is 6.07 Å². The van der Waals surface area contributed by atoms with E-state index >= 15 is 0 Å². The lowest BCUT2D eigenvalue weighted by Gasteiger charge is -2.22. The lowest BCUT2D eigenvalue weighted by molar-refractivity contribution is -0.141. The van der Waals surface area contributed by atoms with Crippen molar-refractivity contribution in [1.82, 2.24) is 4.98 Å². The number of hydrogen-bond donors (Lipinski definition) is 3. The summed E-state index contributed by atoms with van der Waals surface area (Å²) >= 11 is 0. The maximum absolute atomic E-state index is 12.5. The number of amides is 2. The molecule has 1 atom stereocenters. The Morgan fingerprint density at radius 1 is 1.12 bits per heavy atom. The fourth-order valence-electron chi connectivity index (χ4n) is 2.79. The van der Waals surface area contributed by atoms with Gasteiger partial charge in [0.25, 0.3) is 0 Å². The minimum atomic E-state index is -4.51. The van der Waals surface area contributed by atoms with E-state index in [0.717, 1.165) is 43.2 Å². The van der Waals surface area contributed by atoms with Gasteiger partial charge in [-0.1, -0.05) is 6.07 Å². The van der Waals surface area contributed by atoms with Gasteiger partial charge in [-0.15, -0.1) is 0 Å². The van der Waals surface area contributed by atoms with E-state index in [9.17, 15) is 18.0 Å². The summed E-state index contributed by atoms with van der Waals surface area (Å²) in [4.78, 5) is 15.3. The number of carbonyl (C=O) groups excluding carboxylic acids is 1. The number of alkyl halides is 3. The SMILES string of the molecule is N[C@H]1CCc2cc(NC(=O)Nc3ccc(C(F)(F)F)nc3)ccc2C1. The molecule has 1 aromatic carbocycles. The monoisotopic (exact) mass is 350 g/mol. The molecular weight excluding hydrogens is 333 g/mol. The van der Waals surface area contributed by atoms with Crippen LogP contribution in [0.5, 0.6) is 0 Å². The Morgan fingerprint density at radius 3 is 2.52 bits per heavy atom. The van der Waals surface area contributed by atoms with Crippen LogP contribution in [-0.4, -0.2) is 17.1 Å². The van der Waals surface area contributed by atoms with Gasteiger partial charge in [0, 0.05) is 11.7 Å².